The molecule has 1 aromatic carbocycles. The lowest BCUT2D eigenvalue weighted by atomic mass is 10.1. The van der Waals surface area contributed by atoms with Crippen molar-refractivity contribution in [2.45, 2.75) is 13.5 Å². The van der Waals surface area contributed by atoms with E-state index < -0.39 is 12.5 Å². The molecule has 2 aromatic heterocycles. The summed E-state index contributed by atoms with van der Waals surface area (Å²) in [6.07, 6.45) is 1.25. The molecule has 0 bridgehead atoms. The van der Waals surface area contributed by atoms with E-state index in [0.29, 0.717) is 10.2 Å². The highest BCUT2D eigenvalue weighted by molar-refractivity contribution is 7.17. The molecule has 0 saturated carbocycles. The summed E-state index contributed by atoms with van der Waals surface area (Å²) in [6, 6.07) is 7.81. The normalized spacial score (nSPS) is 10.9. The Balaban J connectivity index is 2.22. The summed E-state index contributed by atoms with van der Waals surface area (Å²) in [6.45, 7) is 1.49. The predicted molar refractivity (Wildman–Crippen MR) is 79.1 cm³/mol. The molecule has 0 amide bonds. The molecule has 0 fully saturated rings. The molecular formula is C15H11N2O3S-. The molecule has 0 spiro atoms. The summed E-state index contributed by atoms with van der Waals surface area (Å²) in [5.74, 6) is -1.31. The molecular weight excluding hydrogens is 288 g/mol. The van der Waals surface area contributed by atoms with Gasteiger partial charge in [0.25, 0.3) is 5.56 Å². The largest absolute Gasteiger partial charge is 0.548 e. The smallest absolute Gasteiger partial charge is 0.263 e. The summed E-state index contributed by atoms with van der Waals surface area (Å²) >= 11 is 1.37. The van der Waals surface area contributed by atoms with Crippen LogP contribution in [0.1, 0.15) is 5.56 Å². The second kappa shape index (κ2) is 5.14. The van der Waals surface area contributed by atoms with E-state index in [1.54, 1.807) is 0 Å². The molecule has 0 atom stereocenters. The van der Waals surface area contributed by atoms with E-state index in [0.717, 1.165) is 21.3 Å². The molecule has 0 aliphatic heterocycles. The van der Waals surface area contributed by atoms with Gasteiger partial charge in [0.1, 0.15) is 4.83 Å². The Morgan fingerprint density at radius 1 is 1.33 bits per heavy atom. The molecule has 6 heteroatoms. The molecule has 106 valence electrons. The molecule has 21 heavy (non-hydrogen) atoms. The second-order valence-electron chi connectivity index (χ2n) is 4.75. The highest BCUT2D eigenvalue weighted by Crippen LogP contribution is 2.30. The van der Waals surface area contributed by atoms with Gasteiger partial charge in [0.05, 0.1) is 24.2 Å². The zero-order valence-electron chi connectivity index (χ0n) is 11.2. The van der Waals surface area contributed by atoms with Gasteiger partial charge in [-0.1, -0.05) is 29.8 Å². The first-order valence-corrected chi connectivity index (χ1v) is 7.18. The minimum Gasteiger partial charge on any atom is -0.548 e. The Morgan fingerprint density at radius 3 is 2.71 bits per heavy atom. The monoisotopic (exact) mass is 299 g/mol. The topological polar surface area (TPSA) is 75.0 Å². The maximum Gasteiger partial charge on any atom is 0.263 e. The molecule has 0 N–H and O–H groups in total. The van der Waals surface area contributed by atoms with E-state index in [4.69, 9.17) is 0 Å². The number of fused-ring (bicyclic) bond motifs is 1. The van der Waals surface area contributed by atoms with Crippen LogP contribution < -0.4 is 10.7 Å². The van der Waals surface area contributed by atoms with Crippen molar-refractivity contribution in [2.24, 2.45) is 0 Å². The lowest BCUT2D eigenvalue weighted by Gasteiger charge is -2.06. The maximum absolute atomic E-state index is 12.4. The van der Waals surface area contributed by atoms with Crippen LogP contribution in [0.25, 0.3) is 21.3 Å². The predicted octanol–water partition coefficient (Wildman–Crippen LogP) is 1.18. The number of thiophene rings is 1. The molecule has 2 heterocycles. The minimum atomic E-state index is -1.31. The lowest BCUT2D eigenvalue weighted by Crippen LogP contribution is -2.32. The van der Waals surface area contributed by atoms with Crippen molar-refractivity contribution in [3.63, 3.8) is 0 Å². The molecule has 3 aromatic rings. The van der Waals surface area contributed by atoms with Gasteiger partial charge in [-0.2, -0.15) is 0 Å². The average Bonchev–Trinajstić information content (AvgIpc) is 2.87. The fraction of sp³-hybridized carbons (Fsp3) is 0.133. The fourth-order valence-corrected chi connectivity index (χ4v) is 3.07. The number of benzene rings is 1. The Morgan fingerprint density at radius 2 is 2.05 bits per heavy atom. The molecule has 0 aliphatic carbocycles. The molecule has 0 radical (unpaired) electrons. The lowest BCUT2D eigenvalue weighted by molar-refractivity contribution is -0.306. The number of nitrogens with zero attached hydrogens (tertiary/aromatic N) is 2. The molecule has 0 aliphatic rings. The van der Waals surface area contributed by atoms with Crippen molar-refractivity contribution in [1.29, 1.82) is 0 Å². The standard InChI is InChI=1S/C15H12N2O3S/c1-9-2-4-10(5-3-9)11-7-21-14-13(11)15(20)17(8-16-14)6-12(18)19/h2-5,7-8H,6H2,1H3,(H,18,19)/p-1. The molecule has 3 rings (SSSR count). The van der Waals surface area contributed by atoms with Crippen LogP contribution in [0.4, 0.5) is 0 Å². The van der Waals surface area contributed by atoms with Crippen molar-refractivity contribution in [2.75, 3.05) is 0 Å². The zero-order valence-corrected chi connectivity index (χ0v) is 12.0. The van der Waals surface area contributed by atoms with Crippen LogP contribution >= 0.6 is 11.3 Å². The number of carboxylic acid groups (broad SMARTS) is 1. The van der Waals surface area contributed by atoms with Gasteiger partial charge in [-0.25, -0.2) is 4.98 Å². The van der Waals surface area contributed by atoms with Crippen molar-refractivity contribution in [3.8, 4) is 11.1 Å². The maximum atomic E-state index is 12.4. The van der Waals surface area contributed by atoms with Gasteiger partial charge in [-0.05, 0) is 12.5 Å². The summed E-state index contributed by atoms with van der Waals surface area (Å²) in [5.41, 5.74) is 2.46. The highest BCUT2D eigenvalue weighted by Gasteiger charge is 2.13. The number of carbonyl (C=O) groups is 1. The van der Waals surface area contributed by atoms with E-state index >= 15 is 0 Å². The molecule has 0 unspecified atom stereocenters. The Bertz CT molecular complexity index is 878. The second-order valence-corrected chi connectivity index (χ2v) is 5.60. The van der Waals surface area contributed by atoms with E-state index in [2.05, 4.69) is 4.98 Å². The molecule has 5 nitrogen and oxygen atoms in total. The first kappa shape index (κ1) is 13.5. The van der Waals surface area contributed by atoms with Gasteiger partial charge in [-0.15, -0.1) is 11.3 Å². The summed E-state index contributed by atoms with van der Waals surface area (Å²) in [5, 5.41) is 13.0. The number of hydrogen-bond donors (Lipinski definition) is 0. The first-order valence-electron chi connectivity index (χ1n) is 6.30. The van der Waals surface area contributed by atoms with Crippen LogP contribution in [-0.4, -0.2) is 15.5 Å². The van der Waals surface area contributed by atoms with Crippen LogP contribution in [0.15, 0.2) is 40.8 Å². The van der Waals surface area contributed by atoms with Crippen LogP contribution in [0.2, 0.25) is 0 Å². The number of hydrogen-bond acceptors (Lipinski definition) is 5. The Labute approximate surface area is 124 Å². The van der Waals surface area contributed by atoms with Gasteiger partial charge < -0.3 is 9.90 Å². The van der Waals surface area contributed by atoms with Gasteiger partial charge in [0.2, 0.25) is 0 Å². The van der Waals surface area contributed by atoms with Gasteiger partial charge in [-0.3, -0.25) is 9.36 Å². The summed E-state index contributed by atoms with van der Waals surface area (Å²) in [7, 11) is 0. The van der Waals surface area contributed by atoms with Crippen molar-refractivity contribution < 1.29 is 9.90 Å². The fourth-order valence-electron chi connectivity index (χ4n) is 2.16. The number of aryl methyl sites for hydroxylation is 1. The van der Waals surface area contributed by atoms with E-state index in [1.165, 1.54) is 17.7 Å². The SMILES string of the molecule is Cc1ccc(-c2csc3ncn(CC(=O)[O-])c(=O)c23)cc1. The minimum absolute atomic E-state index is 0.360. The van der Waals surface area contributed by atoms with E-state index in [1.807, 2.05) is 36.6 Å². The quantitative estimate of drug-likeness (QED) is 0.728. The number of carboxylic acids is 1. The van der Waals surface area contributed by atoms with Gasteiger partial charge in [0.15, 0.2) is 0 Å². The van der Waals surface area contributed by atoms with Crippen molar-refractivity contribution >= 4 is 27.5 Å². The Kier molecular flexibility index (Phi) is 3.31. The van der Waals surface area contributed by atoms with Gasteiger partial charge >= 0.3 is 0 Å². The van der Waals surface area contributed by atoms with Gasteiger partial charge in [0, 0.05) is 10.9 Å². The average molecular weight is 299 g/mol. The van der Waals surface area contributed by atoms with Crippen LogP contribution in [0, 0.1) is 6.92 Å². The first-order chi connectivity index (χ1) is 10.1. The third-order valence-corrected chi connectivity index (χ3v) is 4.11. The Hall–Kier alpha value is -2.47. The van der Waals surface area contributed by atoms with Crippen molar-refractivity contribution in [3.05, 3.63) is 51.9 Å². The van der Waals surface area contributed by atoms with Crippen LogP contribution in [0.5, 0.6) is 0 Å². The number of rotatable bonds is 3. The number of carbonyl (C=O) groups excluding carboxylic acids is 1. The number of aromatic nitrogens is 2. The summed E-state index contributed by atoms with van der Waals surface area (Å²) < 4.78 is 1.06. The third kappa shape index (κ3) is 2.45. The number of aliphatic carboxylic acids is 1. The van der Waals surface area contributed by atoms with E-state index in [-0.39, 0.29) is 5.56 Å². The molecule has 0 saturated heterocycles. The van der Waals surface area contributed by atoms with E-state index in [9.17, 15) is 14.7 Å². The zero-order chi connectivity index (χ0) is 15.0. The van der Waals surface area contributed by atoms with Crippen molar-refractivity contribution in [1.82, 2.24) is 9.55 Å². The summed E-state index contributed by atoms with van der Waals surface area (Å²) in [4.78, 5) is 27.9. The third-order valence-electron chi connectivity index (χ3n) is 3.22. The highest BCUT2D eigenvalue weighted by atomic mass is 32.1. The van der Waals surface area contributed by atoms with Crippen LogP contribution in [0.3, 0.4) is 0 Å². The van der Waals surface area contributed by atoms with Crippen LogP contribution in [-0.2, 0) is 11.3 Å².